The zero-order chi connectivity index (χ0) is 18.5. The summed E-state index contributed by atoms with van der Waals surface area (Å²) in [5.41, 5.74) is 4.22. The topological polar surface area (TPSA) is 43.4 Å². The van der Waals surface area contributed by atoms with Gasteiger partial charge in [-0.3, -0.25) is 4.98 Å². The van der Waals surface area contributed by atoms with E-state index in [1.165, 1.54) is 5.56 Å². The molecule has 1 saturated heterocycles. The van der Waals surface area contributed by atoms with E-state index in [0.29, 0.717) is 6.61 Å². The monoisotopic (exact) mass is 360 g/mol. The van der Waals surface area contributed by atoms with E-state index in [-0.39, 0.29) is 12.2 Å². The molecule has 138 valence electrons. The Labute approximate surface area is 160 Å². The molecule has 0 unspecified atom stereocenters. The minimum Gasteiger partial charge on any atom is -0.481 e. The van der Waals surface area contributed by atoms with Crippen LogP contribution in [0.15, 0.2) is 72.9 Å². The van der Waals surface area contributed by atoms with E-state index >= 15 is 0 Å². The van der Waals surface area contributed by atoms with Crippen molar-refractivity contribution in [1.82, 2.24) is 10.3 Å². The van der Waals surface area contributed by atoms with E-state index in [0.717, 1.165) is 35.7 Å². The van der Waals surface area contributed by atoms with Crippen molar-refractivity contribution in [3.8, 4) is 17.0 Å². The predicted octanol–water partition coefficient (Wildman–Crippen LogP) is 4.17. The highest BCUT2D eigenvalue weighted by Gasteiger charge is 2.28. The van der Waals surface area contributed by atoms with Gasteiger partial charge >= 0.3 is 0 Å². The van der Waals surface area contributed by atoms with Crippen molar-refractivity contribution in [2.75, 3.05) is 19.7 Å². The number of nitrogens with zero attached hydrogens (tertiary/aromatic N) is 1. The van der Waals surface area contributed by atoms with Crippen LogP contribution in [0.3, 0.4) is 0 Å². The molecule has 0 radical (unpaired) electrons. The Morgan fingerprint density at radius 1 is 1.04 bits per heavy atom. The Bertz CT molecular complexity index is 859. The summed E-state index contributed by atoms with van der Waals surface area (Å²) in [5, 5.41) is 3.40. The first-order valence-corrected chi connectivity index (χ1v) is 9.37. The number of hydrogen-bond acceptors (Lipinski definition) is 4. The molecule has 2 aromatic carbocycles. The van der Waals surface area contributed by atoms with Crippen LogP contribution in [0.4, 0.5) is 0 Å². The molecule has 1 N–H and O–H groups in total. The second-order valence-electron chi connectivity index (χ2n) is 6.78. The molecule has 2 atom stereocenters. The average molecular weight is 360 g/mol. The summed E-state index contributed by atoms with van der Waals surface area (Å²) in [6.07, 6.45) is 1.55. The van der Waals surface area contributed by atoms with Gasteiger partial charge in [0.15, 0.2) is 6.10 Å². The number of hydrogen-bond donors (Lipinski definition) is 1. The van der Waals surface area contributed by atoms with Gasteiger partial charge in [0.05, 0.1) is 6.61 Å². The lowest BCUT2D eigenvalue weighted by Crippen LogP contribution is -2.43. The molecular formula is C23H24N2O2. The first kappa shape index (κ1) is 17.7. The summed E-state index contributed by atoms with van der Waals surface area (Å²) in [7, 11) is 0. The van der Waals surface area contributed by atoms with Crippen molar-refractivity contribution >= 4 is 0 Å². The van der Waals surface area contributed by atoms with Gasteiger partial charge in [0.2, 0.25) is 0 Å². The molecular weight excluding hydrogens is 336 g/mol. The van der Waals surface area contributed by atoms with Gasteiger partial charge in [-0.2, -0.15) is 0 Å². The summed E-state index contributed by atoms with van der Waals surface area (Å²) >= 11 is 0. The standard InChI is InChI=1S/C23H24N2O2/c1-17-9-11-18(12-10-17)22-20(8-5-13-25-22)27-23(19-6-3-2-4-7-19)21-16-24-14-15-26-21/h2-13,21,23-24H,14-16H2,1H3/t21-,23-/m0/s1. The zero-order valence-corrected chi connectivity index (χ0v) is 15.5. The molecule has 0 aliphatic carbocycles. The second-order valence-corrected chi connectivity index (χ2v) is 6.78. The van der Waals surface area contributed by atoms with Crippen molar-refractivity contribution in [3.05, 3.63) is 84.1 Å². The number of pyridine rings is 1. The summed E-state index contributed by atoms with van der Waals surface area (Å²) in [5.74, 6) is 0.768. The van der Waals surface area contributed by atoms with Crippen molar-refractivity contribution in [2.24, 2.45) is 0 Å². The molecule has 1 aliphatic heterocycles. The van der Waals surface area contributed by atoms with E-state index in [9.17, 15) is 0 Å². The zero-order valence-electron chi connectivity index (χ0n) is 15.5. The SMILES string of the molecule is Cc1ccc(-c2ncccc2O[C@@H](c2ccccc2)[C@@H]2CNCCO2)cc1. The predicted molar refractivity (Wildman–Crippen MR) is 107 cm³/mol. The Hall–Kier alpha value is -2.69. The van der Waals surface area contributed by atoms with Crippen LogP contribution < -0.4 is 10.1 Å². The van der Waals surface area contributed by atoms with E-state index in [4.69, 9.17) is 9.47 Å². The van der Waals surface area contributed by atoms with Gasteiger partial charge in [0, 0.05) is 24.8 Å². The van der Waals surface area contributed by atoms with Crippen LogP contribution in [-0.4, -0.2) is 30.8 Å². The van der Waals surface area contributed by atoms with Crippen LogP contribution in [0.25, 0.3) is 11.3 Å². The van der Waals surface area contributed by atoms with Crippen molar-refractivity contribution in [2.45, 2.75) is 19.1 Å². The number of benzene rings is 2. The molecule has 1 aromatic heterocycles. The largest absolute Gasteiger partial charge is 0.481 e. The summed E-state index contributed by atoms with van der Waals surface area (Å²) in [4.78, 5) is 4.59. The van der Waals surface area contributed by atoms with Crippen LogP contribution >= 0.6 is 0 Å². The quantitative estimate of drug-likeness (QED) is 0.742. The lowest BCUT2D eigenvalue weighted by molar-refractivity contribution is -0.0431. The van der Waals surface area contributed by atoms with E-state index in [1.54, 1.807) is 6.20 Å². The number of nitrogens with one attached hydrogen (secondary N) is 1. The van der Waals surface area contributed by atoms with Gasteiger partial charge in [-0.15, -0.1) is 0 Å². The molecule has 0 saturated carbocycles. The fourth-order valence-corrected chi connectivity index (χ4v) is 3.33. The van der Waals surface area contributed by atoms with Crippen LogP contribution in [0.2, 0.25) is 0 Å². The molecule has 0 bridgehead atoms. The van der Waals surface area contributed by atoms with Crippen molar-refractivity contribution < 1.29 is 9.47 Å². The van der Waals surface area contributed by atoms with E-state index in [2.05, 4.69) is 53.6 Å². The fourth-order valence-electron chi connectivity index (χ4n) is 3.33. The smallest absolute Gasteiger partial charge is 0.151 e. The number of ether oxygens (including phenoxy) is 2. The van der Waals surface area contributed by atoms with E-state index < -0.39 is 0 Å². The Morgan fingerprint density at radius 3 is 2.59 bits per heavy atom. The minimum absolute atomic E-state index is 0.0489. The molecule has 27 heavy (non-hydrogen) atoms. The van der Waals surface area contributed by atoms with Gasteiger partial charge in [-0.05, 0) is 24.6 Å². The summed E-state index contributed by atoms with van der Waals surface area (Å²) in [6.45, 7) is 4.41. The summed E-state index contributed by atoms with van der Waals surface area (Å²) in [6, 6.07) is 22.5. The number of rotatable bonds is 5. The van der Waals surface area contributed by atoms with Crippen LogP contribution in [0.5, 0.6) is 5.75 Å². The normalized spacial score (nSPS) is 18.0. The maximum absolute atomic E-state index is 6.53. The highest BCUT2D eigenvalue weighted by atomic mass is 16.5. The highest BCUT2D eigenvalue weighted by molar-refractivity contribution is 5.66. The maximum atomic E-state index is 6.53. The fraction of sp³-hybridized carbons (Fsp3) is 0.261. The Kier molecular flexibility index (Phi) is 5.47. The number of morpholine rings is 1. The molecule has 3 aromatic rings. The van der Waals surface area contributed by atoms with Gasteiger partial charge in [0.1, 0.15) is 17.5 Å². The molecule has 4 nitrogen and oxygen atoms in total. The summed E-state index contributed by atoms with van der Waals surface area (Å²) < 4.78 is 12.5. The molecule has 4 heteroatoms. The Morgan fingerprint density at radius 2 is 1.85 bits per heavy atom. The minimum atomic E-state index is -0.201. The lowest BCUT2D eigenvalue weighted by atomic mass is 10.0. The average Bonchev–Trinajstić information content (AvgIpc) is 2.74. The molecule has 4 rings (SSSR count). The van der Waals surface area contributed by atoms with Crippen LogP contribution in [-0.2, 0) is 4.74 Å². The maximum Gasteiger partial charge on any atom is 0.151 e. The van der Waals surface area contributed by atoms with Gasteiger partial charge in [-0.1, -0.05) is 60.2 Å². The van der Waals surface area contributed by atoms with Gasteiger partial charge < -0.3 is 14.8 Å². The molecule has 1 fully saturated rings. The first-order chi connectivity index (χ1) is 13.3. The molecule has 1 aliphatic rings. The third-order valence-electron chi connectivity index (χ3n) is 4.77. The number of aromatic nitrogens is 1. The van der Waals surface area contributed by atoms with Gasteiger partial charge in [0.25, 0.3) is 0 Å². The Balaban J connectivity index is 1.68. The third kappa shape index (κ3) is 4.18. The first-order valence-electron chi connectivity index (χ1n) is 9.37. The highest BCUT2D eigenvalue weighted by Crippen LogP contribution is 2.33. The molecule has 0 spiro atoms. The van der Waals surface area contributed by atoms with Gasteiger partial charge in [-0.25, -0.2) is 0 Å². The van der Waals surface area contributed by atoms with Crippen molar-refractivity contribution in [3.63, 3.8) is 0 Å². The van der Waals surface area contributed by atoms with Crippen molar-refractivity contribution in [1.29, 1.82) is 0 Å². The van der Waals surface area contributed by atoms with Crippen LogP contribution in [0, 0.1) is 6.92 Å². The molecule has 2 heterocycles. The van der Waals surface area contributed by atoms with Crippen LogP contribution in [0.1, 0.15) is 17.2 Å². The third-order valence-corrected chi connectivity index (χ3v) is 4.77. The molecule has 0 amide bonds. The van der Waals surface area contributed by atoms with E-state index in [1.807, 2.05) is 30.3 Å². The number of aryl methyl sites for hydroxylation is 1. The lowest BCUT2D eigenvalue weighted by Gasteiger charge is -2.32. The second kappa shape index (κ2) is 8.33.